The molecule has 1 heterocycles. The van der Waals surface area contributed by atoms with Crippen LogP contribution in [0.3, 0.4) is 0 Å². The predicted octanol–water partition coefficient (Wildman–Crippen LogP) is 2.92. The Kier molecular flexibility index (Phi) is 7.11. The number of nitrogens with one attached hydrogen (secondary N) is 1. The van der Waals surface area contributed by atoms with Crippen LogP contribution >= 0.6 is 0 Å². The van der Waals surface area contributed by atoms with Crippen molar-refractivity contribution < 1.29 is 9.59 Å². The first-order chi connectivity index (χ1) is 11.2. The molecule has 1 atom stereocenters. The number of carbonyl (C=O) groups excluding carboxylic acids is 2. The Morgan fingerprint density at radius 3 is 2.74 bits per heavy atom. The normalized spacial score (nSPS) is 18.6. The second kappa shape index (κ2) is 9.33. The van der Waals surface area contributed by atoms with Gasteiger partial charge in [0.15, 0.2) is 0 Å². The monoisotopic (exact) mass is 316 g/mol. The van der Waals surface area contributed by atoms with Gasteiger partial charge in [-0.2, -0.15) is 0 Å². The molecule has 0 aromatic heterocycles. The summed E-state index contributed by atoms with van der Waals surface area (Å²) in [6, 6.07) is 9.31. The molecule has 0 aliphatic carbocycles. The highest BCUT2D eigenvalue weighted by atomic mass is 16.2. The second-order valence-corrected chi connectivity index (χ2v) is 6.31. The van der Waals surface area contributed by atoms with E-state index in [1.807, 2.05) is 35.2 Å². The number of rotatable bonds is 7. The fraction of sp³-hybridized carbons (Fsp3) is 0.579. The predicted molar refractivity (Wildman–Crippen MR) is 92.0 cm³/mol. The zero-order valence-corrected chi connectivity index (χ0v) is 14.1. The minimum atomic E-state index is -0.352. The molecule has 1 aliphatic heterocycles. The first-order valence-corrected chi connectivity index (χ1v) is 8.82. The van der Waals surface area contributed by atoms with Crippen LogP contribution in [0.2, 0.25) is 0 Å². The van der Waals surface area contributed by atoms with Crippen molar-refractivity contribution >= 4 is 11.8 Å². The summed E-state index contributed by atoms with van der Waals surface area (Å²) in [5.41, 5.74) is 0.978. The Bertz CT molecular complexity index is 501. The summed E-state index contributed by atoms with van der Waals surface area (Å²) < 4.78 is 0. The summed E-state index contributed by atoms with van der Waals surface area (Å²) in [7, 11) is 0. The molecular weight excluding hydrogens is 288 g/mol. The largest absolute Gasteiger partial charge is 0.344 e. The molecule has 1 aromatic rings. The van der Waals surface area contributed by atoms with E-state index in [0.29, 0.717) is 6.42 Å². The maximum Gasteiger partial charge on any atom is 0.245 e. The van der Waals surface area contributed by atoms with Crippen LogP contribution in [-0.2, 0) is 16.0 Å². The molecule has 1 aliphatic rings. The van der Waals surface area contributed by atoms with Gasteiger partial charge in [-0.05, 0) is 31.2 Å². The van der Waals surface area contributed by atoms with Crippen LogP contribution < -0.4 is 5.32 Å². The summed E-state index contributed by atoms with van der Waals surface area (Å²) in [6.07, 6.45) is 6.46. The van der Waals surface area contributed by atoms with Gasteiger partial charge in [-0.25, -0.2) is 0 Å². The molecule has 0 bridgehead atoms. The van der Waals surface area contributed by atoms with Crippen molar-refractivity contribution in [1.82, 2.24) is 10.2 Å². The van der Waals surface area contributed by atoms with Crippen molar-refractivity contribution in [3.05, 3.63) is 35.9 Å². The number of nitrogens with zero attached hydrogens (tertiary/aromatic N) is 1. The van der Waals surface area contributed by atoms with Crippen LogP contribution in [0.4, 0.5) is 0 Å². The van der Waals surface area contributed by atoms with Crippen molar-refractivity contribution in [2.45, 2.75) is 57.9 Å². The Morgan fingerprint density at radius 2 is 2.00 bits per heavy atom. The van der Waals surface area contributed by atoms with E-state index < -0.39 is 0 Å². The van der Waals surface area contributed by atoms with Gasteiger partial charge in [-0.1, -0.05) is 50.1 Å². The van der Waals surface area contributed by atoms with Crippen LogP contribution in [0, 0.1) is 0 Å². The number of unbranched alkanes of at least 4 members (excludes halogenated alkanes) is 2. The average molecular weight is 316 g/mol. The molecule has 1 unspecified atom stereocenters. The molecule has 4 nitrogen and oxygen atoms in total. The van der Waals surface area contributed by atoms with Crippen LogP contribution in [0.1, 0.15) is 51.0 Å². The molecule has 2 amide bonds. The lowest BCUT2D eigenvalue weighted by atomic mass is 10.1. The van der Waals surface area contributed by atoms with Crippen molar-refractivity contribution in [3.8, 4) is 0 Å². The third kappa shape index (κ3) is 5.70. The molecule has 1 aromatic carbocycles. The van der Waals surface area contributed by atoms with E-state index in [-0.39, 0.29) is 17.9 Å². The van der Waals surface area contributed by atoms with Crippen molar-refractivity contribution in [3.63, 3.8) is 0 Å². The van der Waals surface area contributed by atoms with Crippen LogP contribution in [0.5, 0.6) is 0 Å². The first kappa shape index (κ1) is 17.5. The maximum absolute atomic E-state index is 12.6. The van der Waals surface area contributed by atoms with Gasteiger partial charge in [0.05, 0.1) is 6.42 Å². The van der Waals surface area contributed by atoms with Crippen molar-refractivity contribution in [1.29, 1.82) is 0 Å². The molecule has 23 heavy (non-hydrogen) atoms. The van der Waals surface area contributed by atoms with E-state index in [1.165, 1.54) is 0 Å². The first-order valence-electron chi connectivity index (χ1n) is 8.82. The van der Waals surface area contributed by atoms with E-state index >= 15 is 0 Å². The second-order valence-electron chi connectivity index (χ2n) is 6.31. The molecule has 0 radical (unpaired) electrons. The van der Waals surface area contributed by atoms with E-state index in [1.54, 1.807) is 0 Å². The highest BCUT2D eigenvalue weighted by Gasteiger charge is 2.27. The molecule has 1 saturated heterocycles. The minimum Gasteiger partial charge on any atom is -0.344 e. The zero-order chi connectivity index (χ0) is 16.5. The Balaban J connectivity index is 1.89. The van der Waals surface area contributed by atoms with Gasteiger partial charge in [0.2, 0.25) is 11.8 Å². The summed E-state index contributed by atoms with van der Waals surface area (Å²) in [5, 5.41) is 2.95. The third-order valence-electron chi connectivity index (χ3n) is 4.35. The van der Waals surface area contributed by atoms with Crippen molar-refractivity contribution in [2.75, 3.05) is 13.1 Å². The Morgan fingerprint density at radius 1 is 1.22 bits per heavy atom. The summed E-state index contributed by atoms with van der Waals surface area (Å²) in [4.78, 5) is 26.8. The van der Waals surface area contributed by atoms with Gasteiger partial charge < -0.3 is 10.2 Å². The lowest BCUT2D eigenvalue weighted by Gasteiger charge is -2.25. The molecule has 4 heteroatoms. The van der Waals surface area contributed by atoms with Crippen LogP contribution in [-0.4, -0.2) is 35.8 Å². The molecule has 126 valence electrons. The number of benzene rings is 1. The molecule has 2 rings (SSSR count). The number of hydrogen-bond donors (Lipinski definition) is 1. The Hall–Kier alpha value is -1.84. The van der Waals surface area contributed by atoms with Gasteiger partial charge in [0, 0.05) is 13.1 Å². The highest BCUT2D eigenvalue weighted by molar-refractivity contribution is 5.88. The van der Waals surface area contributed by atoms with E-state index in [2.05, 4.69) is 12.2 Å². The fourth-order valence-corrected chi connectivity index (χ4v) is 3.04. The number of hydrogen-bond acceptors (Lipinski definition) is 2. The quantitative estimate of drug-likeness (QED) is 0.786. The van der Waals surface area contributed by atoms with E-state index in [4.69, 9.17) is 0 Å². The van der Waals surface area contributed by atoms with Crippen molar-refractivity contribution in [2.24, 2.45) is 0 Å². The maximum atomic E-state index is 12.6. The summed E-state index contributed by atoms with van der Waals surface area (Å²) in [6.45, 7) is 3.81. The number of amides is 2. The van der Waals surface area contributed by atoms with Gasteiger partial charge in [-0.3, -0.25) is 9.59 Å². The Labute approximate surface area is 139 Å². The van der Waals surface area contributed by atoms with E-state index in [9.17, 15) is 9.59 Å². The molecule has 1 fully saturated rings. The molecule has 0 saturated carbocycles. The fourth-order valence-electron chi connectivity index (χ4n) is 3.04. The zero-order valence-electron chi connectivity index (χ0n) is 14.1. The van der Waals surface area contributed by atoms with E-state index in [0.717, 1.165) is 57.2 Å². The van der Waals surface area contributed by atoms with Gasteiger partial charge >= 0.3 is 0 Å². The minimum absolute atomic E-state index is 0.0649. The van der Waals surface area contributed by atoms with Crippen LogP contribution in [0.25, 0.3) is 0 Å². The summed E-state index contributed by atoms with van der Waals surface area (Å²) in [5.74, 6) is 0.0324. The van der Waals surface area contributed by atoms with Gasteiger partial charge in [0.1, 0.15) is 6.04 Å². The number of carbonyl (C=O) groups is 2. The topological polar surface area (TPSA) is 49.4 Å². The molecule has 0 spiro atoms. The lowest BCUT2D eigenvalue weighted by molar-refractivity contribution is -0.135. The molecule has 1 N–H and O–H groups in total. The van der Waals surface area contributed by atoms with Crippen LogP contribution in [0.15, 0.2) is 30.3 Å². The third-order valence-corrected chi connectivity index (χ3v) is 4.35. The summed E-state index contributed by atoms with van der Waals surface area (Å²) >= 11 is 0. The van der Waals surface area contributed by atoms with Gasteiger partial charge in [0.25, 0.3) is 0 Å². The highest BCUT2D eigenvalue weighted by Crippen LogP contribution is 2.14. The molecular formula is C19H28N2O2. The standard InChI is InChI=1S/C19H28N2O2/c1-2-3-8-13-21-14-9-7-12-17(19(21)23)20-18(22)15-16-10-5-4-6-11-16/h4-6,10-11,17H,2-3,7-9,12-15H2,1H3,(H,20,22). The smallest absolute Gasteiger partial charge is 0.245 e. The number of likely N-dealkylation sites (tertiary alicyclic amines) is 1. The lowest BCUT2D eigenvalue weighted by Crippen LogP contribution is -2.48. The average Bonchev–Trinajstić information content (AvgIpc) is 2.72. The SMILES string of the molecule is CCCCCN1CCCCC(NC(=O)Cc2ccccc2)C1=O. The van der Waals surface area contributed by atoms with Gasteiger partial charge in [-0.15, -0.1) is 0 Å².